The summed E-state index contributed by atoms with van der Waals surface area (Å²) in [5.74, 6) is -0.992. The van der Waals surface area contributed by atoms with Crippen LogP contribution in [-0.4, -0.2) is 32.3 Å². The first-order valence-corrected chi connectivity index (χ1v) is 7.44. The summed E-state index contributed by atoms with van der Waals surface area (Å²) >= 11 is 1.62. The molecule has 0 aromatic carbocycles. The molecular weight excluding hydrogens is 288 g/mol. The maximum Gasteiger partial charge on any atom is 0.320 e. The highest BCUT2D eigenvalue weighted by atomic mass is 32.1. The van der Waals surface area contributed by atoms with Gasteiger partial charge in [-0.25, -0.2) is 0 Å². The monoisotopic (exact) mass is 308 g/mol. The van der Waals surface area contributed by atoms with Crippen LogP contribution in [0, 0.1) is 13.8 Å². The summed E-state index contributed by atoms with van der Waals surface area (Å²) in [6.07, 6.45) is 1.12. The van der Waals surface area contributed by atoms with E-state index in [2.05, 4.69) is 15.2 Å². The number of aryl methyl sites for hydroxylation is 3. The third-order valence-electron chi connectivity index (χ3n) is 2.60. The molecule has 0 aliphatic carbocycles. The molecule has 0 spiro atoms. The molecular formula is C14H20N4O2S. The molecule has 2 rings (SSSR count). The van der Waals surface area contributed by atoms with E-state index in [1.54, 1.807) is 17.4 Å². The van der Waals surface area contributed by atoms with E-state index < -0.39 is 12.0 Å². The molecule has 0 saturated carbocycles. The number of nitrogens with zero attached hydrogens (tertiary/aromatic N) is 3. The summed E-state index contributed by atoms with van der Waals surface area (Å²) in [5, 5.41) is 18.3. The zero-order valence-electron chi connectivity index (χ0n) is 12.4. The van der Waals surface area contributed by atoms with E-state index in [9.17, 15) is 4.79 Å². The molecule has 2 aromatic heterocycles. The molecule has 3 N–H and O–H groups in total. The summed E-state index contributed by atoms with van der Waals surface area (Å²) in [6.45, 7) is 5.90. The number of aromatic nitrogens is 3. The van der Waals surface area contributed by atoms with Gasteiger partial charge in [-0.3, -0.25) is 9.78 Å². The minimum atomic E-state index is -0.992. The van der Waals surface area contributed by atoms with Crippen molar-refractivity contribution in [2.24, 2.45) is 5.73 Å². The lowest BCUT2D eigenvalue weighted by Gasteiger charge is -2.06. The standard InChI is InChI=1S/C10H14N2O2.C4H6N2S/c1-2-7-4-3-5-8(12-7)6-9(11)10(13)14;1-3-5-6-4(2)7-3/h3-5,9H,2,6,11H2,1H3,(H,13,14);1-2H3. The molecule has 114 valence electrons. The van der Waals surface area contributed by atoms with Gasteiger partial charge in [0.25, 0.3) is 0 Å². The number of hydrogen-bond donors (Lipinski definition) is 2. The summed E-state index contributed by atoms with van der Waals surface area (Å²) in [4.78, 5) is 14.8. The average Bonchev–Trinajstić information content (AvgIpc) is 2.83. The van der Waals surface area contributed by atoms with Gasteiger partial charge in [-0.05, 0) is 32.4 Å². The van der Waals surface area contributed by atoms with E-state index in [0.717, 1.165) is 27.8 Å². The van der Waals surface area contributed by atoms with Gasteiger partial charge in [-0.2, -0.15) is 0 Å². The van der Waals surface area contributed by atoms with Crippen molar-refractivity contribution in [3.63, 3.8) is 0 Å². The first-order valence-electron chi connectivity index (χ1n) is 6.62. The molecule has 0 radical (unpaired) electrons. The van der Waals surface area contributed by atoms with Gasteiger partial charge < -0.3 is 10.8 Å². The molecule has 2 aromatic rings. The Morgan fingerprint density at radius 2 is 1.86 bits per heavy atom. The molecule has 0 saturated heterocycles. The van der Waals surface area contributed by atoms with Crippen molar-refractivity contribution >= 4 is 17.3 Å². The Morgan fingerprint density at radius 1 is 1.29 bits per heavy atom. The van der Waals surface area contributed by atoms with Crippen molar-refractivity contribution in [2.75, 3.05) is 0 Å². The summed E-state index contributed by atoms with van der Waals surface area (Å²) in [5.41, 5.74) is 7.09. The molecule has 1 atom stereocenters. The fourth-order valence-electron chi connectivity index (χ4n) is 1.55. The highest BCUT2D eigenvalue weighted by Gasteiger charge is 2.12. The van der Waals surface area contributed by atoms with Crippen LogP contribution in [0.15, 0.2) is 18.2 Å². The lowest BCUT2D eigenvalue weighted by atomic mass is 10.1. The van der Waals surface area contributed by atoms with E-state index in [1.807, 2.05) is 32.9 Å². The van der Waals surface area contributed by atoms with Crippen LogP contribution in [-0.2, 0) is 17.6 Å². The van der Waals surface area contributed by atoms with E-state index in [1.165, 1.54) is 0 Å². The number of pyridine rings is 1. The molecule has 1 unspecified atom stereocenters. The van der Waals surface area contributed by atoms with Crippen LogP contribution in [0.2, 0.25) is 0 Å². The number of nitrogens with two attached hydrogens (primary N) is 1. The fraction of sp³-hybridized carbons (Fsp3) is 0.429. The van der Waals surface area contributed by atoms with Crippen molar-refractivity contribution in [1.29, 1.82) is 0 Å². The molecule has 2 heterocycles. The van der Waals surface area contributed by atoms with Crippen molar-refractivity contribution in [3.8, 4) is 0 Å². The Balaban J connectivity index is 0.000000262. The van der Waals surface area contributed by atoms with E-state index >= 15 is 0 Å². The second-order valence-electron chi connectivity index (χ2n) is 4.46. The van der Waals surface area contributed by atoms with Crippen LogP contribution in [0.3, 0.4) is 0 Å². The first-order chi connectivity index (χ1) is 9.92. The van der Waals surface area contributed by atoms with E-state index in [4.69, 9.17) is 10.8 Å². The van der Waals surface area contributed by atoms with Crippen molar-refractivity contribution in [2.45, 2.75) is 39.7 Å². The minimum Gasteiger partial charge on any atom is -0.480 e. The highest BCUT2D eigenvalue weighted by Crippen LogP contribution is 2.04. The van der Waals surface area contributed by atoms with Gasteiger partial charge in [-0.1, -0.05) is 13.0 Å². The fourth-order valence-corrected chi connectivity index (χ4v) is 2.14. The van der Waals surface area contributed by atoms with Crippen LogP contribution in [0.25, 0.3) is 0 Å². The maximum atomic E-state index is 10.5. The Bertz CT molecular complexity index is 569. The van der Waals surface area contributed by atoms with Gasteiger partial charge in [0.15, 0.2) is 0 Å². The van der Waals surface area contributed by atoms with Crippen LogP contribution in [0.1, 0.15) is 28.3 Å². The third kappa shape index (κ3) is 6.42. The van der Waals surface area contributed by atoms with Crippen LogP contribution in [0.4, 0.5) is 0 Å². The van der Waals surface area contributed by atoms with E-state index in [0.29, 0.717) is 0 Å². The largest absolute Gasteiger partial charge is 0.480 e. The summed E-state index contributed by atoms with van der Waals surface area (Å²) in [6, 6.07) is 4.71. The van der Waals surface area contributed by atoms with E-state index in [-0.39, 0.29) is 6.42 Å². The number of hydrogen-bond acceptors (Lipinski definition) is 6. The summed E-state index contributed by atoms with van der Waals surface area (Å²) in [7, 11) is 0. The summed E-state index contributed by atoms with van der Waals surface area (Å²) < 4.78 is 0. The zero-order valence-corrected chi connectivity index (χ0v) is 13.2. The smallest absolute Gasteiger partial charge is 0.320 e. The number of carboxylic acids is 1. The molecule has 6 nitrogen and oxygen atoms in total. The first kappa shape index (κ1) is 17.2. The molecule has 0 aliphatic heterocycles. The van der Waals surface area contributed by atoms with Crippen molar-refractivity contribution in [1.82, 2.24) is 15.2 Å². The Morgan fingerprint density at radius 3 is 2.29 bits per heavy atom. The predicted octanol–water partition coefficient (Wildman–Crippen LogP) is 1.75. The SMILES string of the molecule is CCc1cccc(CC(N)C(=O)O)n1.Cc1nnc(C)s1. The number of rotatable bonds is 4. The second kappa shape index (κ2) is 8.43. The lowest BCUT2D eigenvalue weighted by molar-refractivity contribution is -0.138. The number of carbonyl (C=O) groups is 1. The Labute approximate surface area is 128 Å². The predicted molar refractivity (Wildman–Crippen MR) is 82.3 cm³/mol. The Kier molecular flexibility index (Phi) is 6.90. The van der Waals surface area contributed by atoms with Gasteiger partial charge >= 0.3 is 5.97 Å². The third-order valence-corrected chi connectivity index (χ3v) is 3.35. The van der Waals surface area contributed by atoms with Crippen molar-refractivity contribution in [3.05, 3.63) is 39.6 Å². The number of carboxylic acid groups (broad SMARTS) is 1. The van der Waals surface area contributed by atoms with Crippen molar-refractivity contribution < 1.29 is 9.90 Å². The van der Waals surface area contributed by atoms with Gasteiger partial charge in [-0.15, -0.1) is 21.5 Å². The zero-order chi connectivity index (χ0) is 15.8. The molecule has 21 heavy (non-hydrogen) atoms. The molecule has 0 bridgehead atoms. The number of aliphatic carboxylic acids is 1. The van der Waals surface area contributed by atoms with Gasteiger partial charge in [0.2, 0.25) is 0 Å². The average molecular weight is 308 g/mol. The molecule has 0 aliphatic rings. The maximum absolute atomic E-state index is 10.5. The molecule has 7 heteroatoms. The van der Waals surface area contributed by atoms with Crippen LogP contribution < -0.4 is 5.73 Å². The minimum absolute atomic E-state index is 0.281. The quantitative estimate of drug-likeness (QED) is 0.892. The van der Waals surface area contributed by atoms with Gasteiger partial charge in [0.1, 0.15) is 16.1 Å². The molecule has 0 fully saturated rings. The second-order valence-corrected chi connectivity index (χ2v) is 5.85. The Hall–Kier alpha value is -1.86. The van der Waals surface area contributed by atoms with Gasteiger partial charge in [0.05, 0.1) is 0 Å². The normalized spacial score (nSPS) is 11.4. The molecule has 0 amide bonds. The highest BCUT2D eigenvalue weighted by molar-refractivity contribution is 7.11. The lowest BCUT2D eigenvalue weighted by Crippen LogP contribution is -2.32. The van der Waals surface area contributed by atoms with Crippen LogP contribution in [0.5, 0.6) is 0 Å². The van der Waals surface area contributed by atoms with Crippen LogP contribution >= 0.6 is 11.3 Å². The van der Waals surface area contributed by atoms with Gasteiger partial charge in [0, 0.05) is 17.8 Å². The topological polar surface area (TPSA) is 102 Å².